The summed E-state index contributed by atoms with van der Waals surface area (Å²) in [5.41, 5.74) is 0.542. The molecule has 5 heteroatoms. The molecule has 2 unspecified atom stereocenters. The Labute approximate surface area is 125 Å². The van der Waals surface area contributed by atoms with E-state index < -0.39 is 6.43 Å². The van der Waals surface area contributed by atoms with Gasteiger partial charge in [-0.1, -0.05) is 24.3 Å². The summed E-state index contributed by atoms with van der Waals surface area (Å²) in [7, 11) is -0.199. The minimum absolute atomic E-state index is 0.0755. The lowest BCUT2D eigenvalue weighted by molar-refractivity contribution is 0.00578. The van der Waals surface area contributed by atoms with E-state index in [2.05, 4.69) is 0 Å². The molecule has 1 aliphatic heterocycles. The summed E-state index contributed by atoms with van der Waals surface area (Å²) in [4.78, 5) is 0. The minimum atomic E-state index is -2.41. The highest BCUT2D eigenvalue weighted by Crippen LogP contribution is 2.58. The highest BCUT2D eigenvalue weighted by molar-refractivity contribution is 6.49. The van der Waals surface area contributed by atoms with Crippen molar-refractivity contribution < 1.29 is 18.1 Å². The normalized spacial score (nSPS) is 30.0. The van der Waals surface area contributed by atoms with Crippen LogP contribution in [0.25, 0.3) is 0 Å². The van der Waals surface area contributed by atoms with Crippen molar-refractivity contribution in [2.75, 3.05) is 0 Å². The smallest absolute Gasteiger partial charge is 0.403 e. The Balaban J connectivity index is 1.67. The van der Waals surface area contributed by atoms with Crippen LogP contribution in [0.15, 0.2) is 24.3 Å². The van der Waals surface area contributed by atoms with Crippen molar-refractivity contribution in [1.29, 1.82) is 0 Å². The molecule has 21 heavy (non-hydrogen) atoms. The number of hydrogen-bond acceptors (Lipinski definition) is 2. The summed E-state index contributed by atoms with van der Waals surface area (Å²) in [5, 5.41) is 0. The van der Waals surface area contributed by atoms with E-state index in [-0.39, 0.29) is 23.9 Å². The maximum atomic E-state index is 12.6. The first kappa shape index (κ1) is 15.0. The van der Waals surface area contributed by atoms with Crippen LogP contribution in [0.1, 0.15) is 57.6 Å². The van der Waals surface area contributed by atoms with Gasteiger partial charge in [-0.25, -0.2) is 8.78 Å². The van der Waals surface area contributed by atoms with Gasteiger partial charge in [0, 0.05) is 11.4 Å². The van der Waals surface area contributed by atoms with Crippen molar-refractivity contribution in [3.8, 4) is 0 Å². The highest BCUT2D eigenvalue weighted by Gasteiger charge is 2.59. The second kappa shape index (κ2) is 4.78. The van der Waals surface area contributed by atoms with Gasteiger partial charge in [-0.3, -0.25) is 0 Å². The lowest BCUT2D eigenvalue weighted by Gasteiger charge is -2.32. The molecule has 1 saturated heterocycles. The van der Waals surface area contributed by atoms with Gasteiger partial charge in [0.2, 0.25) is 0 Å². The molecule has 3 rings (SSSR count). The minimum Gasteiger partial charge on any atom is -0.403 e. The van der Waals surface area contributed by atoms with Gasteiger partial charge in [0.1, 0.15) is 0 Å². The molecule has 0 bridgehead atoms. The predicted octanol–water partition coefficient (Wildman–Crippen LogP) is 4.57. The molecule has 2 fully saturated rings. The summed E-state index contributed by atoms with van der Waals surface area (Å²) in [5.74, 6) is 0.676. The first-order valence-corrected chi connectivity index (χ1v) is 7.45. The molecule has 1 saturated carbocycles. The van der Waals surface area contributed by atoms with Crippen LogP contribution in [-0.4, -0.2) is 18.3 Å². The lowest BCUT2D eigenvalue weighted by Crippen LogP contribution is -2.41. The number of alkyl halides is 2. The lowest BCUT2D eigenvalue weighted by atomic mass is 9.79. The average Bonchev–Trinajstić information content (AvgIpc) is 3.13. The molecule has 2 atom stereocenters. The van der Waals surface area contributed by atoms with E-state index in [9.17, 15) is 8.78 Å². The third kappa shape index (κ3) is 2.62. The largest absolute Gasteiger partial charge is 0.461 e. The van der Waals surface area contributed by atoms with Crippen molar-refractivity contribution in [2.24, 2.45) is 0 Å². The van der Waals surface area contributed by atoms with E-state index in [4.69, 9.17) is 9.31 Å². The maximum absolute atomic E-state index is 12.6. The Morgan fingerprint density at radius 3 is 2.05 bits per heavy atom. The second-order valence-electron chi connectivity index (χ2n) is 7.10. The van der Waals surface area contributed by atoms with Crippen LogP contribution >= 0.6 is 0 Å². The molecule has 0 amide bonds. The zero-order valence-corrected chi connectivity index (χ0v) is 12.9. The summed E-state index contributed by atoms with van der Waals surface area (Å²) in [6.45, 7) is 8.17. The number of rotatable bonds is 3. The molecular formula is C16H21BF2O2. The number of benzene rings is 1. The highest BCUT2D eigenvalue weighted by atomic mass is 19.3. The zero-order valence-electron chi connectivity index (χ0n) is 12.9. The molecule has 2 aliphatic rings. The van der Waals surface area contributed by atoms with Crippen LogP contribution in [0.5, 0.6) is 0 Å². The SMILES string of the molecule is CC1(C)OB(C2CC2c2ccc(C(F)F)cc2)OC1(C)C. The van der Waals surface area contributed by atoms with E-state index in [0.29, 0.717) is 11.7 Å². The first-order valence-electron chi connectivity index (χ1n) is 7.45. The third-order valence-electron chi connectivity index (χ3n) is 5.08. The standard InChI is InChI=1S/C16H21BF2O2/c1-15(2)16(3,4)21-17(20-15)13-9-12(13)10-5-7-11(8-6-10)14(18)19/h5-8,12-14H,9H2,1-4H3. The molecular weight excluding hydrogens is 273 g/mol. The van der Waals surface area contributed by atoms with Crippen LogP contribution in [0.4, 0.5) is 8.78 Å². The van der Waals surface area contributed by atoms with Gasteiger partial charge in [0.15, 0.2) is 0 Å². The summed E-state index contributed by atoms with van der Waals surface area (Å²) < 4.78 is 37.3. The van der Waals surface area contributed by atoms with E-state index >= 15 is 0 Å². The second-order valence-corrected chi connectivity index (χ2v) is 7.10. The Hall–Kier alpha value is -0.935. The molecule has 1 aromatic carbocycles. The van der Waals surface area contributed by atoms with E-state index in [0.717, 1.165) is 12.0 Å². The van der Waals surface area contributed by atoms with Gasteiger partial charge in [0.25, 0.3) is 6.43 Å². The van der Waals surface area contributed by atoms with Crippen LogP contribution in [0, 0.1) is 0 Å². The van der Waals surface area contributed by atoms with Crippen LogP contribution in [0.3, 0.4) is 0 Å². The summed E-state index contributed by atoms with van der Waals surface area (Å²) in [6, 6.07) is 6.63. The Bertz CT molecular complexity index is 512. The van der Waals surface area contributed by atoms with Gasteiger partial charge < -0.3 is 9.31 Å². The van der Waals surface area contributed by atoms with E-state index in [1.54, 1.807) is 12.1 Å². The van der Waals surface area contributed by atoms with Crippen LogP contribution in [-0.2, 0) is 9.31 Å². The topological polar surface area (TPSA) is 18.5 Å². The molecule has 0 spiro atoms. The fourth-order valence-electron chi connectivity index (χ4n) is 2.85. The van der Waals surface area contributed by atoms with Crippen LogP contribution in [0.2, 0.25) is 5.82 Å². The summed E-state index contributed by atoms with van der Waals surface area (Å²) in [6.07, 6.45) is -1.41. The van der Waals surface area contributed by atoms with Gasteiger partial charge in [-0.05, 0) is 45.6 Å². The van der Waals surface area contributed by atoms with Gasteiger partial charge >= 0.3 is 7.12 Å². The molecule has 0 N–H and O–H groups in total. The first-order chi connectivity index (χ1) is 9.71. The van der Waals surface area contributed by atoms with Gasteiger partial charge in [-0.15, -0.1) is 0 Å². The third-order valence-corrected chi connectivity index (χ3v) is 5.08. The predicted molar refractivity (Wildman–Crippen MR) is 78.6 cm³/mol. The van der Waals surface area contributed by atoms with Gasteiger partial charge in [0.05, 0.1) is 11.2 Å². The molecule has 0 radical (unpaired) electrons. The van der Waals surface area contributed by atoms with E-state index in [1.807, 2.05) is 27.7 Å². The van der Waals surface area contributed by atoms with Crippen molar-refractivity contribution in [2.45, 2.75) is 63.5 Å². The monoisotopic (exact) mass is 294 g/mol. The Kier molecular flexibility index (Phi) is 3.41. The molecule has 114 valence electrons. The fourth-order valence-corrected chi connectivity index (χ4v) is 2.85. The zero-order chi connectivity index (χ0) is 15.4. The maximum Gasteiger partial charge on any atom is 0.461 e. The Morgan fingerprint density at radius 1 is 1.05 bits per heavy atom. The summed E-state index contributed by atoms with van der Waals surface area (Å²) >= 11 is 0. The fraction of sp³-hybridized carbons (Fsp3) is 0.625. The quantitative estimate of drug-likeness (QED) is 0.760. The number of halogens is 2. The van der Waals surface area contributed by atoms with Crippen molar-refractivity contribution >= 4 is 7.12 Å². The van der Waals surface area contributed by atoms with Crippen LogP contribution < -0.4 is 0 Å². The molecule has 1 aliphatic carbocycles. The molecule has 1 heterocycles. The molecule has 0 aromatic heterocycles. The van der Waals surface area contributed by atoms with Crippen molar-refractivity contribution in [3.05, 3.63) is 35.4 Å². The number of hydrogen-bond donors (Lipinski definition) is 0. The molecule has 2 nitrogen and oxygen atoms in total. The Morgan fingerprint density at radius 2 is 1.57 bits per heavy atom. The van der Waals surface area contributed by atoms with Gasteiger partial charge in [-0.2, -0.15) is 0 Å². The molecule has 1 aromatic rings. The van der Waals surface area contributed by atoms with E-state index in [1.165, 1.54) is 12.1 Å². The van der Waals surface area contributed by atoms with Crippen molar-refractivity contribution in [1.82, 2.24) is 0 Å². The average molecular weight is 294 g/mol. The van der Waals surface area contributed by atoms with Crippen molar-refractivity contribution in [3.63, 3.8) is 0 Å².